The lowest BCUT2D eigenvalue weighted by Gasteiger charge is -1.93. The van der Waals surface area contributed by atoms with Crippen LogP contribution in [0.3, 0.4) is 0 Å². The van der Waals surface area contributed by atoms with Gasteiger partial charge in [0.15, 0.2) is 0 Å². The molecule has 1 heterocycles. The molecule has 0 aromatic carbocycles. The second-order valence-corrected chi connectivity index (χ2v) is 2.94. The van der Waals surface area contributed by atoms with E-state index in [4.69, 9.17) is 0 Å². The van der Waals surface area contributed by atoms with Crippen molar-refractivity contribution in [1.29, 1.82) is 0 Å². The van der Waals surface area contributed by atoms with Gasteiger partial charge in [0.25, 0.3) is 0 Å². The van der Waals surface area contributed by atoms with Gasteiger partial charge in [-0.25, -0.2) is 4.79 Å². The Hall–Kier alpha value is -1.10. The van der Waals surface area contributed by atoms with Crippen LogP contribution in [0.25, 0.3) is 0 Å². The molecule has 0 spiro atoms. The third-order valence-electron chi connectivity index (χ3n) is 1.20. The molecule has 0 radical (unpaired) electrons. The van der Waals surface area contributed by atoms with Crippen LogP contribution < -0.4 is 4.87 Å². The molecule has 0 unspecified atom stereocenters. The van der Waals surface area contributed by atoms with Crippen molar-refractivity contribution in [3.8, 4) is 0 Å². The average Bonchev–Trinajstić information content (AvgIpc) is 2.28. The molecule has 60 valence electrons. The van der Waals surface area contributed by atoms with Crippen LogP contribution in [0.1, 0.15) is 15.4 Å². The highest BCUT2D eigenvalue weighted by molar-refractivity contribution is 7.11. The minimum Gasteiger partial charge on any atom is -0.465 e. The number of aryl methyl sites for hydroxylation is 1. The Bertz CT molecular complexity index is 325. The largest absolute Gasteiger partial charge is 0.465 e. The molecule has 0 aliphatic heterocycles. The maximum Gasteiger partial charge on any atom is 0.350 e. The Morgan fingerprint density at radius 2 is 2.27 bits per heavy atom. The van der Waals surface area contributed by atoms with E-state index in [0.29, 0.717) is 10.6 Å². The number of carbonyl (C=O) groups excluding carboxylic acids is 1. The van der Waals surface area contributed by atoms with Gasteiger partial charge in [0.05, 0.1) is 7.11 Å². The summed E-state index contributed by atoms with van der Waals surface area (Å²) in [6.07, 6.45) is 0. The normalized spacial score (nSPS) is 9.64. The van der Waals surface area contributed by atoms with Gasteiger partial charge >= 0.3 is 10.8 Å². The number of methoxy groups -OCH3 is 1. The highest BCUT2D eigenvalue weighted by atomic mass is 32.1. The number of esters is 1. The second-order valence-electron chi connectivity index (χ2n) is 1.96. The lowest BCUT2D eigenvalue weighted by Crippen LogP contribution is -1.99. The number of aromatic nitrogens is 1. The summed E-state index contributed by atoms with van der Waals surface area (Å²) >= 11 is 0.861. The van der Waals surface area contributed by atoms with Gasteiger partial charge in [-0.1, -0.05) is 11.3 Å². The first kappa shape index (κ1) is 8.00. The summed E-state index contributed by atoms with van der Waals surface area (Å²) in [5.74, 6) is -0.467. The van der Waals surface area contributed by atoms with Crippen molar-refractivity contribution in [3.05, 3.63) is 20.2 Å². The van der Waals surface area contributed by atoms with Crippen LogP contribution in [0, 0.1) is 6.92 Å². The van der Waals surface area contributed by atoms with E-state index in [2.05, 4.69) is 9.72 Å². The maximum atomic E-state index is 10.9. The van der Waals surface area contributed by atoms with Gasteiger partial charge in [0.2, 0.25) is 0 Å². The van der Waals surface area contributed by atoms with Crippen LogP contribution in [0.4, 0.5) is 0 Å². The summed E-state index contributed by atoms with van der Waals surface area (Å²) < 4.78 is 4.44. The molecule has 0 bridgehead atoms. The molecule has 1 aromatic rings. The minimum atomic E-state index is -0.467. The molecule has 5 heteroatoms. The quantitative estimate of drug-likeness (QED) is 0.630. The molecule has 1 N–H and O–H groups in total. The number of ether oxygens (including phenoxy) is 1. The van der Waals surface area contributed by atoms with Crippen LogP contribution in [0.2, 0.25) is 0 Å². The molecule has 0 amide bonds. The predicted octanol–water partition coefficient (Wildman–Crippen LogP) is 0.531. The fourth-order valence-electron chi connectivity index (χ4n) is 0.692. The van der Waals surface area contributed by atoms with Gasteiger partial charge in [-0.3, -0.25) is 4.79 Å². The number of hydrogen-bond acceptors (Lipinski definition) is 4. The number of carbonyl (C=O) groups is 1. The molecule has 11 heavy (non-hydrogen) atoms. The molecule has 4 nitrogen and oxygen atoms in total. The van der Waals surface area contributed by atoms with Crippen molar-refractivity contribution in [1.82, 2.24) is 4.98 Å². The fraction of sp³-hybridized carbons (Fsp3) is 0.333. The van der Waals surface area contributed by atoms with Gasteiger partial charge in [0, 0.05) is 5.69 Å². The monoisotopic (exact) mass is 173 g/mol. The molecule has 1 aromatic heterocycles. The number of thiazole rings is 1. The lowest BCUT2D eigenvalue weighted by molar-refractivity contribution is 0.0605. The average molecular weight is 173 g/mol. The predicted molar refractivity (Wildman–Crippen MR) is 41.0 cm³/mol. The zero-order valence-corrected chi connectivity index (χ0v) is 6.95. The first-order chi connectivity index (χ1) is 5.15. The van der Waals surface area contributed by atoms with Crippen molar-refractivity contribution in [2.45, 2.75) is 6.92 Å². The molecule has 0 saturated carbocycles. The number of aromatic amines is 1. The molecule has 0 aliphatic rings. The maximum absolute atomic E-state index is 10.9. The van der Waals surface area contributed by atoms with Gasteiger partial charge in [0.1, 0.15) is 4.88 Å². The van der Waals surface area contributed by atoms with Gasteiger partial charge in [-0.15, -0.1) is 0 Å². The van der Waals surface area contributed by atoms with Crippen molar-refractivity contribution in [2.75, 3.05) is 7.11 Å². The summed E-state index contributed by atoms with van der Waals surface area (Å²) in [4.78, 5) is 24.2. The number of hydrogen-bond donors (Lipinski definition) is 1. The van der Waals surface area contributed by atoms with Crippen molar-refractivity contribution in [2.24, 2.45) is 0 Å². The van der Waals surface area contributed by atoms with Crippen LogP contribution >= 0.6 is 11.3 Å². The fourth-order valence-corrected chi connectivity index (χ4v) is 1.45. The van der Waals surface area contributed by atoms with Crippen LogP contribution in [-0.2, 0) is 4.74 Å². The molecule has 0 aliphatic carbocycles. The van der Waals surface area contributed by atoms with E-state index in [-0.39, 0.29) is 4.87 Å². The van der Waals surface area contributed by atoms with E-state index in [1.165, 1.54) is 7.11 Å². The molecule has 0 fully saturated rings. The van der Waals surface area contributed by atoms with Crippen LogP contribution in [0.15, 0.2) is 4.79 Å². The zero-order valence-electron chi connectivity index (χ0n) is 6.13. The summed E-state index contributed by atoms with van der Waals surface area (Å²) in [7, 11) is 1.28. The first-order valence-corrected chi connectivity index (χ1v) is 3.75. The lowest BCUT2D eigenvalue weighted by atomic mass is 10.4. The number of rotatable bonds is 1. The van der Waals surface area contributed by atoms with E-state index in [1.807, 2.05) is 0 Å². The third-order valence-corrected chi connectivity index (χ3v) is 2.16. The molecular weight excluding hydrogens is 166 g/mol. The number of nitrogens with one attached hydrogen (secondary N) is 1. The van der Waals surface area contributed by atoms with Crippen molar-refractivity contribution in [3.63, 3.8) is 0 Å². The van der Waals surface area contributed by atoms with Crippen LogP contribution in [0.5, 0.6) is 0 Å². The summed E-state index contributed by atoms with van der Waals surface area (Å²) in [6.45, 7) is 1.66. The Morgan fingerprint density at radius 3 is 2.64 bits per heavy atom. The molecule has 0 atom stereocenters. The molecule has 0 saturated heterocycles. The Balaban J connectivity index is 3.13. The summed E-state index contributed by atoms with van der Waals surface area (Å²) in [5.41, 5.74) is 0.562. The van der Waals surface area contributed by atoms with E-state index in [0.717, 1.165) is 11.3 Å². The highest BCUT2D eigenvalue weighted by Crippen LogP contribution is 2.08. The Labute approximate surface area is 66.8 Å². The van der Waals surface area contributed by atoms with E-state index in [9.17, 15) is 9.59 Å². The summed E-state index contributed by atoms with van der Waals surface area (Å²) in [6, 6.07) is 0. The SMILES string of the molecule is COC(=O)c1sc(=O)[nH]c1C. The van der Waals surface area contributed by atoms with Gasteiger partial charge < -0.3 is 9.72 Å². The van der Waals surface area contributed by atoms with Gasteiger partial charge in [-0.2, -0.15) is 0 Å². The van der Waals surface area contributed by atoms with E-state index >= 15 is 0 Å². The highest BCUT2D eigenvalue weighted by Gasteiger charge is 2.12. The Morgan fingerprint density at radius 1 is 1.64 bits per heavy atom. The van der Waals surface area contributed by atoms with Crippen molar-refractivity contribution < 1.29 is 9.53 Å². The topological polar surface area (TPSA) is 59.2 Å². The minimum absolute atomic E-state index is 0.233. The van der Waals surface area contributed by atoms with Gasteiger partial charge in [-0.05, 0) is 6.92 Å². The number of H-pyrrole nitrogens is 1. The Kier molecular flexibility index (Phi) is 2.09. The van der Waals surface area contributed by atoms with E-state index < -0.39 is 5.97 Å². The smallest absolute Gasteiger partial charge is 0.350 e. The third kappa shape index (κ3) is 1.48. The molecule has 1 rings (SSSR count). The van der Waals surface area contributed by atoms with Crippen molar-refractivity contribution >= 4 is 17.3 Å². The standard InChI is InChI=1S/C6H7NO3S/c1-3-4(5(8)10-2)11-6(9)7-3/h1-2H3,(H,7,9). The zero-order chi connectivity index (χ0) is 8.43. The van der Waals surface area contributed by atoms with Crippen LogP contribution in [-0.4, -0.2) is 18.1 Å². The summed E-state index contributed by atoms with van der Waals surface area (Å²) in [5, 5.41) is 0. The molecular formula is C6H7NO3S. The van der Waals surface area contributed by atoms with E-state index in [1.54, 1.807) is 6.92 Å². The first-order valence-electron chi connectivity index (χ1n) is 2.93. The second kappa shape index (κ2) is 2.87.